The van der Waals surface area contributed by atoms with E-state index in [4.69, 9.17) is 4.74 Å². The second-order valence-electron chi connectivity index (χ2n) is 5.17. The monoisotopic (exact) mass is 300 g/mol. The van der Waals surface area contributed by atoms with Gasteiger partial charge in [-0.2, -0.15) is 4.98 Å². The molecular weight excluding hydrogens is 276 g/mol. The lowest BCUT2D eigenvalue weighted by Gasteiger charge is -2.09. The second kappa shape index (κ2) is 8.22. The lowest BCUT2D eigenvalue weighted by molar-refractivity contribution is 0.414. The number of benzene rings is 1. The van der Waals surface area contributed by atoms with Gasteiger partial charge in [0, 0.05) is 24.8 Å². The Kier molecular flexibility index (Phi) is 6.01. The fourth-order valence-electron chi connectivity index (χ4n) is 2.10. The zero-order valence-electron chi connectivity index (χ0n) is 13.5. The Balaban J connectivity index is 1.88. The number of hydrogen-bond acceptors (Lipinski definition) is 5. The third kappa shape index (κ3) is 4.91. The van der Waals surface area contributed by atoms with Crippen LogP contribution in [0.5, 0.6) is 5.75 Å². The topological polar surface area (TPSA) is 59.1 Å². The van der Waals surface area contributed by atoms with Crippen LogP contribution in [0, 0.1) is 6.92 Å². The van der Waals surface area contributed by atoms with Gasteiger partial charge in [-0.1, -0.05) is 19.1 Å². The fraction of sp³-hybridized carbons (Fsp3) is 0.412. The highest BCUT2D eigenvalue weighted by molar-refractivity contribution is 5.42. The summed E-state index contributed by atoms with van der Waals surface area (Å²) in [6, 6.07) is 10.1. The molecule has 5 heteroatoms. The number of nitrogens with zero attached hydrogens (tertiary/aromatic N) is 2. The molecule has 0 aliphatic rings. The Morgan fingerprint density at radius 1 is 1.05 bits per heavy atom. The van der Waals surface area contributed by atoms with E-state index in [0.717, 1.165) is 43.2 Å². The molecular formula is C17H24N4O. The first-order valence-electron chi connectivity index (χ1n) is 7.67. The van der Waals surface area contributed by atoms with E-state index in [0.29, 0.717) is 5.95 Å². The number of ether oxygens (including phenoxy) is 1. The maximum atomic E-state index is 5.16. The third-order valence-electron chi connectivity index (χ3n) is 3.27. The molecule has 0 saturated heterocycles. The highest BCUT2D eigenvalue weighted by Crippen LogP contribution is 2.12. The molecule has 0 radical (unpaired) electrons. The van der Waals surface area contributed by atoms with Crippen LogP contribution in [0.2, 0.25) is 0 Å². The van der Waals surface area contributed by atoms with Gasteiger partial charge in [0.1, 0.15) is 11.6 Å². The molecule has 0 unspecified atom stereocenters. The van der Waals surface area contributed by atoms with Crippen molar-refractivity contribution < 1.29 is 4.74 Å². The lowest BCUT2D eigenvalue weighted by atomic mass is 10.1. The number of aryl methyl sites for hydroxylation is 1. The van der Waals surface area contributed by atoms with E-state index in [1.54, 1.807) is 7.11 Å². The Morgan fingerprint density at radius 2 is 1.82 bits per heavy atom. The minimum Gasteiger partial charge on any atom is -0.497 e. The molecule has 2 aromatic rings. The molecule has 0 amide bonds. The SMILES string of the molecule is CCCNc1cc(C)nc(NCCc2ccc(OC)cc2)n1. The van der Waals surface area contributed by atoms with E-state index >= 15 is 0 Å². The predicted octanol–water partition coefficient (Wildman–Crippen LogP) is 3.27. The molecule has 2 N–H and O–H groups in total. The van der Waals surface area contributed by atoms with Gasteiger partial charge in [-0.05, 0) is 37.5 Å². The molecule has 1 heterocycles. The highest BCUT2D eigenvalue weighted by Gasteiger charge is 2.02. The van der Waals surface area contributed by atoms with Crippen molar-refractivity contribution in [3.05, 3.63) is 41.6 Å². The average molecular weight is 300 g/mol. The summed E-state index contributed by atoms with van der Waals surface area (Å²) >= 11 is 0. The zero-order chi connectivity index (χ0) is 15.8. The quantitative estimate of drug-likeness (QED) is 0.783. The van der Waals surface area contributed by atoms with E-state index in [2.05, 4.69) is 39.7 Å². The predicted molar refractivity (Wildman–Crippen MR) is 90.7 cm³/mol. The second-order valence-corrected chi connectivity index (χ2v) is 5.17. The summed E-state index contributed by atoms with van der Waals surface area (Å²) < 4.78 is 5.16. The van der Waals surface area contributed by atoms with Gasteiger partial charge in [0.05, 0.1) is 7.11 Å². The standard InChI is InChI=1S/C17H24N4O/c1-4-10-18-16-12-13(2)20-17(21-16)19-11-9-14-5-7-15(22-3)8-6-14/h5-8,12H,4,9-11H2,1-3H3,(H2,18,19,20,21). The first-order valence-corrected chi connectivity index (χ1v) is 7.67. The number of methoxy groups -OCH3 is 1. The average Bonchev–Trinajstić information content (AvgIpc) is 2.53. The van der Waals surface area contributed by atoms with Gasteiger partial charge >= 0.3 is 0 Å². The first-order chi connectivity index (χ1) is 10.7. The summed E-state index contributed by atoms with van der Waals surface area (Å²) in [6.45, 7) is 5.83. The molecule has 22 heavy (non-hydrogen) atoms. The Labute approximate surface area is 132 Å². The molecule has 1 aromatic heterocycles. The number of nitrogens with one attached hydrogen (secondary N) is 2. The summed E-state index contributed by atoms with van der Waals surface area (Å²) in [6.07, 6.45) is 1.99. The van der Waals surface area contributed by atoms with Crippen molar-refractivity contribution in [3.63, 3.8) is 0 Å². The third-order valence-corrected chi connectivity index (χ3v) is 3.27. The Bertz CT molecular complexity index is 584. The number of hydrogen-bond donors (Lipinski definition) is 2. The lowest BCUT2D eigenvalue weighted by Crippen LogP contribution is -2.10. The van der Waals surface area contributed by atoms with Crippen molar-refractivity contribution in [2.75, 3.05) is 30.8 Å². The van der Waals surface area contributed by atoms with Gasteiger partial charge < -0.3 is 15.4 Å². The van der Waals surface area contributed by atoms with Crippen LogP contribution < -0.4 is 15.4 Å². The van der Waals surface area contributed by atoms with Crippen LogP contribution in [-0.2, 0) is 6.42 Å². The molecule has 0 aliphatic heterocycles. The van der Waals surface area contributed by atoms with E-state index in [-0.39, 0.29) is 0 Å². The zero-order valence-corrected chi connectivity index (χ0v) is 13.5. The Morgan fingerprint density at radius 3 is 2.50 bits per heavy atom. The Hall–Kier alpha value is -2.30. The van der Waals surface area contributed by atoms with Crippen LogP contribution in [0.3, 0.4) is 0 Å². The van der Waals surface area contributed by atoms with Crippen molar-refractivity contribution in [1.82, 2.24) is 9.97 Å². The molecule has 2 rings (SSSR count). The van der Waals surface area contributed by atoms with Gasteiger partial charge in [0.2, 0.25) is 5.95 Å². The number of rotatable bonds is 8. The molecule has 0 fully saturated rings. The van der Waals surface area contributed by atoms with Gasteiger partial charge in [0.15, 0.2) is 0 Å². The molecule has 0 atom stereocenters. The van der Waals surface area contributed by atoms with Gasteiger partial charge in [-0.15, -0.1) is 0 Å². The summed E-state index contributed by atoms with van der Waals surface area (Å²) in [5.41, 5.74) is 2.21. The van der Waals surface area contributed by atoms with Crippen LogP contribution in [-0.4, -0.2) is 30.2 Å². The molecule has 118 valence electrons. The fourth-order valence-corrected chi connectivity index (χ4v) is 2.10. The van der Waals surface area contributed by atoms with Gasteiger partial charge in [-0.3, -0.25) is 0 Å². The largest absolute Gasteiger partial charge is 0.497 e. The molecule has 0 bridgehead atoms. The summed E-state index contributed by atoms with van der Waals surface area (Å²) in [7, 11) is 1.68. The number of aromatic nitrogens is 2. The summed E-state index contributed by atoms with van der Waals surface area (Å²) in [4.78, 5) is 8.89. The maximum absolute atomic E-state index is 5.16. The molecule has 1 aromatic carbocycles. The van der Waals surface area contributed by atoms with E-state index in [1.165, 1.54) is 5.56 Å². The van der Waals surface area contributed by atoms with Crippen LogP contribution in [0.15, 0.2) is 30.3 Å². The molecule has 0 saturated carbocycles. The van der Waals surface area contributed by atoms with Crippen LogP contribution in [0.1, 0.15) is 24.6 Å². The normalized spacial score (nSPS) is 10.3. The smallest absolute Gasteiger partial charge is 0.224 e. The molecule has 0 spiro atoms. The first kappa shape index (κ1) is 16.1. The maximum Gasteiger partial charge on any atom is 0.224 e. The van der Waals surface area contributed by atoms with Gasteiger partial charge in [0.25, 0.3) is 0 Å². The van der Waals surface area contributed by atoms with Gasteiger partial charge in [-0.25, -0.2) is 4.98 Å². The summed E-state index contributed by atoms with van der Waals surface area (Å²) in [5.74, 6) is 2.43. The molecule has 5 nitrogen and oxygen atoms in total. The van der Waals surface area contributed by atoms with Crippen molar-refractivity contribution in [1.29, 1.82) is 0 Å². The van der Waals surface area contributed by atoms with Crippen molar-refractivity contribution in [2.45, 2.75) is 26.7 Å². The van der Waals surface area contributed by atoms with Crippen molar-refractivity contribution >= 4 is 11.8 Å². The van der Waals surface area contributed by atoms with Crippen LogP contribution in [0.25, 0.3) is 0 Å². The summed E-state index contributed by atoms with van der Waals surface area (Å²) in [5, 5.41) is 6.58. The van der Waals surface area contributed by atoms with E-state index < -0.39 is 0 Å². The molecule has 0 aliphatic carbocycles. The van der Waals surface area contributed by atoms with E-state index in [9.17, 15) is 0 Å². The minimum atomic E-state index is 0.673. The van der Waals surface area contributed by atoms with Crippen LogP contribution >= 0.6 is 0 Å². The van der Waals surface area contributed by atoms with Crippen molar-refractivity contribution in [3.8, 4) is 5.75 Å². The number of anilines is 2. The van der Waals surface area contributed by atoms with Crippen LogP contribution in [0.4, 0.5) is 11.8 Å². The minimum absolute atomic E-state index is 0.673. The van der Waals surface area contributed by atoms with E-state index in [1.807, 2.05) is 25.1 Å². The highest BCUT2D eigenvalue weighted by atomic mass is 16.5. The van der Waals surface area contributed by atoms with Crippen molar-refractivity contribution in [2.24, 2.45) is 0 Å².